The Hall–Kier alpha value is -1.92. The van der Waals surface area contributed by atoms with Crippen molar-refractivity contribution in [3.05, 3.63) is 65.0 Å². The molecule has 148 valence electrons. The molecule has 1 N–H and O–H groups in total. The Labute approximate surface area is 171 Å². The summed E-state index contributed by atoms with van der Waals surface area (Å²) in [4.78, 5) is 4.90. The molecule has 2 heterocycles. The second-order valence-electron chi connectivity index (χ2n) is 7.53. The minimum atomic E-state index is -0.454. The predicted molar refractivity (Wildman–Crippen MR) is 116 cm³/mol. The Morgan fingerprint density at radius 3 is 2.46 bits per heavy atom. The summed E-state index contributed by atoms with van der Waals surface area (Å²) in [6, 6.07) is 16.8. The van der Waals surface area contributed by atoms with Crippen molar-refractivity contribution in [2.24, 2.45) is 0 Å². The maximum atomic E-state index is 11.0. The summed E-state index contributed by atoms with van der Waals surface area (Å²) < 4.78 is 6.48. The lowest BCUT2D eigenvalue weighted by molar-refractivity contribution is 0.0252. The number of hydrogen-bond acceptors (Lipinski definition) is 5. The smallest absolute Gasteiger partial charge is 0.118 e. The molecule has 2 aromatic carbocycles. The van der Waals surface area contributed by atoms with Crippen LogP contribution in [0.5, 0.6) is 5.75 Å². The van der Waals surface area contributed by atoms with Gasteiger partial charge in [0.1, 0.15) is 5.75 Å². The minimum Gasteiger partial charge on any atom is -0.497 e. The fourth-order valence-corrected chi connectivity index (χ4v) is 5.00. The molecule has 2 unspecified atom stereocenters. The number of hydrogen-bond donors (Lipinski definition) is 1. The Balaban J connectivity index is 1.35. The first kappa shape index (κ1) is 19.4. The molecule has 0 aliphatic carbocycles. The monoisotopic (exact) mass is 396 g/mol. The van der Waals surface area contributed by atoms with Gasteiger partial charge in [0.2, 0.25) is 0 Å². The van der Waals surface area contributed by atoms with Crippen molar-refractivity contribution in [1.29, 1.82) is 0 Å². The number of methoxy groups -OCH3 is 1. The van der Waals surface area contributed by atoms with Crippen LogP contribution in [0.15, 0.2) is 53.9 Å². The van der Waals surface area contributed by atoms with Gasteiger partial charge in [0.25, 0.3) is 0 Å². The van der Waals surface area contributed by atoms with Gasteiger partial charge in [0.05, 0.1) is 13.2 Å². The molecule has 1 saturated heterocycles. The van der Waals surface area contributed by atoms with E-state index in [1.54, 1.807) is 18.4 Å². The second kappa shape index (κ2) is 8.62. The number of ether oxygens (including phenoxy) is 1. The van der Waals surface area contributed by atoms with Crippen LogP contribution >= 0.6 is 11.3 Å². The van der Waals surface area contributed by atoms with Crippen LogP contribution in [0.2, 0.25) is 0 Å². The van der Waals surface area contributed by atoms with Gasteiger partial charge in [0.15, 0.2) is 0 Å². The third-order valence-corrected chi connectivity index (χ3v) is 6.82. The molecule has 1 aromatic heterocycles. The molecule has 1 aliphatic heterocycles. The van der Waals surface area contributed by atoms with Crippen LogP contribution in [0.4, 0.5) is 0 Å². The zero-order valence-corrected chi connectivity index (χ0v) is 17.4. The quantitative estimate of drug-likeness (QED) is 0.679. The number of nitrogens with zero attached hydrogens (tertiary/aromatic N) is 2. The first-order valence-corrected chi connectivity index (χ1v) is 10.8. The van der Waals surface area contributed by atoms with Crippen molar-refractivity contribution in [3.8, 4) is 5.75 Å². The molecule has 5 heteroatoms. The van der Waals surface area contributed by atoms with Gasteiger partial charge < -0.3 is 9.84 Å². The first-order chi connectivity index (χ1) is 13.7. The lowest BCUT2D eigenvalue weighted by atomic mass is 10.0. The van der Waals surface area contributed by atoms with Gasteiger partial charge in [-0.3, -0.25) is 9.80 Å². The van der Waals surface area contributed by atoms with Gasteiger partial charge in [0, 0.05) is 49.0 Å². The van der Waals surface area contributed by atoms with Crippen LogP contribution in [-0.2, 0) is 6.54 Å². The molecule has 2 atom stereocenters. The molecule has 1 aliphatic rings. The summed E-state index contributed by atoms with van der Waals surface area (Å²) >= 11 is 1.71. The van der Waals surface area contributed by atoms with Crippen LogP contribution in [-0.4, -0.2) is 54.2 Å². The average Bonchev–Trinajstić information content (AvgIpc) is 3.18. The molecule has 4 rings (SSSR count). The molecule has 1 fully saturated rings. The van der Waals surface area contributed by atoms with Gasteiger partial charge in [-0.15, -0.1) is 11.3 Å². The predicted octanol–water partition coefficient (Wildman–Crippen LogP) is 4.15. The topological polar surface area (TPSA) is 35.9 Å². The Bertz CT molecular complexity index is 900. The van der Waals surface area contributed by atoms with E-state index in [0.29, 0.717) is 0 Å². The molecular weight excluding hydrogens is 368 g/mol. The molecule has 28 heavy (non-hydrogen) atoms. The van der Waals surface area contributed by atoms with Gasteiger partial charge in [-0.2, -0.15) is 0 Å². The molecule has 4 nitrogen and oxygen atoms in total. The summed E-state index contributed by atoms with van der Waals surface area (Å²) in [5, 5.41) is 14.3. The van der Waals surface area contributed by atoms with E-state index in [1.807, 2.05) is 18.2 Å². The summed E-state index contributed by atoms with van der Waals surface area (Å²) in [6.45, 7) is 7.12. The molecule has 0 saturated carbocycles. The highest BCUT2D eigenvalue weighted by Gasteiger charge is 2.28. The molecule has 0 radical (unpaired) electrons. The summed E-state index contributed by atoms with van der Waals surface area (Å²) in [7, 11) is 1.70. The fourth-order valence-electron chi connectivity index (χ4n) is 4.00. The maximum Gasteiger partial charge on any atom is 0.118 e. The molecule has 0 spiro atoms. The number of rotatable bonds is 6. The van der Waals surface area contributed by atoms with Crippen LogP contribution in [0.3, 0.4) is 0 Å². The summed E-state index contributed by atoms with van der Waals surface area (Å²) in [5.41, 5.74) is 2.38. The SMILES string of the molecule is COc1ccc(CN2CCN(C(C)C(O)c3csc4ccccc34)CC2)cc1. The lowest BCUT2D eigenvalue weighted by Crippen LogP contribution is -2.50. The minimum absolute atomic E-state index is 0.112. The molecule has 3 aromatic rings. The maximum absolute atomic E-state index is 11.0. The van der Waals surface area contributed by atoms with Gasteiger partial charge in [-0.1, -0.05) is 30.3 Å². The van der Waals surface area contributed by atoms with E-state index in [-0.39, 0.29) is 6.04 Å². The van der Waals surface area contributed by atoms with Crippen molar-refractivity contribution in [2.45, 2.75) is 25.6 Å². The van der Waals surface area contributed by atoms with E-state index in [1.165, 1.54) is 15.6 Å². The van der Waals surface area contributed by atoms with Crippen molar-refractivity contribution in [2.75, 3.05) is 33.3 Å². The van der Waals surface area contributed by atoms with Crippen LogP contribution in [0.1, 0.15) is 24.2 Å². The summed E-state index contributed by atoms with van der Waals surface area (Å²) in [6.07, 6.45) is -0.454. The zero-order chi connectivity index (χ0) is 19.5. The van der Waals surface area contributed by atoms with E-state index >= 15 is 0 Å². The van der Waals surface area contributed by atoms with E-state index in [2.05, 4.69) is 52.4 Å². The number of piperazine rings is 1. The lowest BCUT2D eigenvalue weighted by Gasteiger charge is -2.39. The molecule has 0 amide bonds. The highest BCUT2D eigenvalue weighted by Crippen LogP contribution is 2.33. The number of benzene rings is 2. The zero-order valence-electron chi connectivity index (χ0n) is 16.5. The third-order valence-electron chi connectivity index (χ3n) is 5.83. The van der Waals surface area contributed by atoms with E-state index < -0.39 is 6.10 Å². The van der Waals surface area contributed by atoms with Crippen LogP contribution in [0, 0.1) is 0 Å². The molecular formula is C23H28N2O2S. The van der Waals surface area contributed by atoms with E-state index in [4.69, 9.17) is 4.74 Å². The van der Waals surface area contributed by atoms with Crippen LogP contribution in [0.25, 0.3) is 10.1 Å². The van der Waals surface area contributed by atoms with Gasteiger partial charge in [-0.25, -0.2) is 0 Å². The summed E-state index contributed by atoms with van der Waals surface area (Å²) in [5.74, 6) is 0.900. The number of fused-ring (bicyclic) bond motifs is 1. The van der Waals surface area contributed by atoms with Gasteiger partial charge >= 0.3 is 0 Å². The first-order valence-electron chi connectivity index (χ1n) is 9.89. The van der Waals surface area contributed by atoms with E-state index in [9.17, 15) is 5.11 Å². The normalized spacial score (nSPS) is 18.2. The Kier molecular flexibility index (Phi) is 5.97. The highest BCUT2D eigenvalue weighted by molar-refractivity contribution is 7.17. The Morgan fingerprint density at radius 1 is 1.04 bits per heavy atom. The van der Waals surface area contributed by atoms with Crippen molar-refractivity contribution < 1.29 is 9.84 Å². The van der Waals surface area contributed by atoms with Crippen molar-refractivity contribution in [3.63, 3.8) is 0 Å². The van der Waals surface area contributed by atoms with Gasteiger partial charge in [-0.05, 0) is 41.5 Å². The van der Waals surface area contributed by atoms with Crippen molar-refractivity contribution in [1.82, 2.24) is 9.80 Å². The van der Waals surface area contributed by atoms with E-state index in [0.717, 1.165) is 44.0 Å². The van der Waals surface area contributed by atoms with Crippen LogP contribution < -0.4 is 4.74 Å². The largest absolute Gasteiger partial charge is 0.497 e. The molecule has 0 bridgehead atoms. The standard InChI is InChI=1S/C23H28N2O2S/c1-17(23(26)21-16-28-22-6-4-3-5-20(21)22)25-13-11-24(12-14-25)15-18-7-9-19(27-2)10-8-18/h3-10,16-17,23,26H,11-15H2,1-2H3. The van der Waals surface area contributed by atoms with Crippen molar-refractivity contribution >= 4 is 21.4 Å². The fraction of sp³-hybridized carbons (Fsp3) is 0.391. The average molecular weight is 397 g/mol. The number of aliphatic hydroxyl groups excluding tert-OH is 1. The Morgan fingerprint density at radius 2 is 1.75 bits per heavy atom. The highest BCUT2D eigenvalue weighted by atomic mass is 32.1. The number of thiophene rings is 1. The number of aliphatic hydroxyl groups is 1. The second-order valence-corrected chi connectivity index (χ2v) is 8.44. The third kappa shape index (κ3) is 4.08.